The van der Waals surface area contributed by atoms with Crippen LogP contribution in [0.4, 0.5) is 0 Å². The van der Waals surface area contributed by atoms with E-state index in [2.05, 4.69) is 4.98 Å². The number of sulfone groups is 1. The van der Waals surface area contributed by atoms with Gasteiger partial charge in [0.1, 0.15) is 5.76 Å². The van der Waals surface area contributed by atoms with Gasteiger partial charge in [-0.3, -0.25) is 0 Å². The smallest absolute Gasteiger partial charge is 0.315 e. The van der Waals surface area contributed by atoms with Crippen molar-refractivity contribution in [3.8, 4) is 0 Å². The summed E-state index contributed by atoms with van der Waals surface area (Å²) in [5.41, 5.74) is 0. The van der Waals surface area contributed by atoms with Crippen molar-refractivity contribution in [2.45, 2.75) is 19.1 Å². The zero-order valence-electron chi connectivity index (χ0n) is 6.36. The molecule has 0 saturated carbocycles. The zero-order chi connectivity index (χ0) is 8.48. The molecule has 0 N–H and O–H groups in total. The minimum Gasteiger partial charge on any atom is -0.433 e. The van der Waals surface area contributed by atoms with Crippen molar-refractivity contribution in [2.24, 2.45) is 0 Å². The second-order valence-electron chi connectivity index (χ2n) is 2.14. The van der Waals surface area contributed by atoms with Gasteiger partial charge in [-0.1, -0.05) is 6.92 Å². The summed E-state index contributed by atoms with van der Waals surface area (Å²) >= 11 is 0. The fraction of sp³-hybridized carbons (Fsp3) is 0.500. The van der Waals surface area contributed by atoms with Crippen molar-refractivity contribution in [2.75, 3.05) is 5.75 Å². The molecule has 0 atom stereocenters. The standard InChI is InChI=1S/C6H9NO3S/c1-3-11(8,9)6-7-4-5(2)10-6/h4H,3H2,1-2H3. The second kappa shape index (κ2) is 2.65. The summed E-state index contributed by atoms with van der Waals surface area (Å²) in [6.07, 6.45) is 1.39. The van der Waals surface area contributed by atoms with Gasteiger partial charge in [-0.15, -0.1) is 0 Å². The van der Waals surface area contributed by atoms with E-state index in [1.165, 1.54) is 6.20 Å². The summed E-state index contributed by atoms with van der Waals surface area (Å²) in [5.74, 6) is 0.532. The average Bonchev–Trinajstić information content (AvgIpc) is 2.36. The molecule has 0 aliphatic carbocycles. The van der Waals surface area contributed by atoms with E-state index < -0.39 is 9.84 Å². The second-order valence-corrected chi connectivity index (χ2v) is 4.30. The summed E-state index contributed by atoms with van der Waals surface area (Å²) in [4.78, 5) is 3.60. The van der Waals surface area contributed by atoms with Crippen LogP contribution in [0, 0.1) is 6.92 Å². The largest absolute Gasteiger partial charge is 0.433 e. The number of hydrogen-bond donors (Lipinski definition) is 0. The summed E-state index contributed by atoms with van der Waals surface area (Å²) < 4.78 is 27.0. The lowest BCUT2D eigenvalue weighted by molar-refractivity contribution is 0.411. The van der Waals surface area contributed by atoms with Crippen LogP contribution in [0.1, 0.15) is 12.7 Å². The van der Waals surface area contributed by atoms with Crippen LogP contribution in [0.2, 0.25) is 0 Å². The molecule has 0 aliphatic rings. The van der Waals surface area contributed by atoms with Crippen LogP contribution in [-0.4, -0.2) is 19.2 Å². The highest BCUT2D eigenvalue weighted by Gasteiger charge is 2.16. The van der Waals surface area contributed by atoms with Gasteiger partial charge in [-0.25, -0.2) is 13.4 Å². The highest BCUT2D eigenvalue weighted by Crippen LogP contribution is 2.09. The molecule has 62 valence electrons. The van der Waals surface area contributed by atoms with Crippen molar-refractivity contribution in [1.29, 1.82) is 0 Å². The van der Waals surface area contributed by atoms with Gasteiger partial charge in [-0.2, -0.15) is 0 Å². The molecule has 1 heterocycles. The van der Waals surface area contributed by atoms with Crippen LogP contribution in [0.3, 0.4) is 0 Å². The van der Waals surface area contributed by atoms with E-state index in [9.17, 15) is 8.42 Å². The zero-order valence-corrected chi connectivity index (χ0v) is 7.18. The van der Waals surface area contributed by atoms with Gasteiger partial charge < -0.3 is 4.42 Å². The molecule has 0 saturated heterocycles. The van der Waals surface area contributed by atoms with E-state index in [4.69, 9.17) is 4.42 Å². The Kier molecular flexibility index (Phi) is 1.99. The maximum Gasteiger partial charge on any atom is 0.315 e. The number of oxazole rings is 1. The molecular weight excluding hydrogens is 166 g/mol. The Bertz CT molecular complexity index is 338. The SMILES string of the molecule is CCS(=O)(=O)c1ncc(C)o1. The first-order valence-corrected chi connectivity index (χ1v) is 4.86. The van der Waals surface area contributed by atoms with E-state index in [1.807, 2.05) is 0 Å². The minimum atomic E-state index is -3.26. The Morgan fingerprint density at radius 3 is 2.64 bits per heavy atom. The monoisotopic (exact) mass is 175 g/mol. The minimum absolute atomic E-state index is 0.0208. The third-order valence-corrected chi connectivity index (χ3v) is 2.73. The Balaban J connectivity index is 3.13. The number of aryl methyl sites for hydroxylation is 1. The molecule has 0 fully saturated rings. The van der Waals surface area contributed by atoms with E-state index in [-0.39, 0.29) is 11.0 Å². The van der Waals surface area contributed by atoms with E-state index in [0.717, 1.165) is 0 Å². The third kappa shape index (κ3) is 1.59. The molecule has 1 rings (SSSR count). The predicted molar refractivity (Wildman–Crippen MR) is 39.0 cm³/mol. The van der Waals surface area contributed by atoms with Crippen LogP contribution >= 0.6 is 0 Å². The van der Waals surface area contributed by atoms with Crippen molar-refractivity contribution < 1.29 is 12.8 Å². The van der Waals surface area contributed by atoms with Crippen molar-refractivity contribution >= 4 is 9.84 Å². The molecule has 0 spiro atoms. The summed E-state index contributed by atoms with van der Waals surface area (Å²) in [6, 6.07) is 0. The first-order chi connectivity index (χ1) is 5.06. The Morgan fingerprint density at radius 2 is 2.27 bits per heavy atom. The van der Waals surface area contributed by atoms with Crippen molar-refractivity contribution in [1.82, 2.24) is 4.98 Å². The van der Waals surface area contributed by atoms with Crippen LogP contribution in [0.5, 0.6) is 0 Å². The maximum absolute atomic E-state index is 11.1. The molecule has 0 amide bonds. The lowest BCUT2D eigenvalue weighted by Crippen LogP contribution is -2.03. The molecule has 4 nitrogen and oxygen atoms in total. The molecule has 1 aromatic heterocycles. The first kappa shape index (κ1) is 8.26. The molecular formula is C6H9NO3S. The van der Waals surface area contributed by atoms with Gasteiger partial charge in [0.05, 0.1) is 11.9 Å². The van der Waals surface area contributed by atoms with E-state index >= 15 is 0 Å². The average molecular weight is 175 g/mol. The van der Waals surface area contributed by atoms with Crippen LogP contribution in [-0.2, 0) is 9.84 Å². The van der Waals surface area contributed by atoms with Crippen LogP contribution in [0.25, 0.3) is 0 Å². The number of aromatic nitrogens is 1. The van der Waals surface area contributed by atoms with E-state index in [0.29, 0.717) is 5.76 Å². The first-order valence-electron chi connectivity index (χ1n) is 3.21. The highest BCUT2D eigenvalue weighted by molar-refractivity contribution is 7.91. The Morgan fingerprint density at radius 1 is 1.64 bits per heavy atom. The summed E-state index contributed by atoms with van der Waals surface area (Å²) in [6.45, 7) is 3.20. The molecule has 0 aromatic carbocycles. The number of rotatable bonds is 2. The molecule has 1 aromatic rings. The number of nitrogens with zero attached hydrogens (tertiary/aromatic N) is 1. The summed E-state index contributed by atoms with van der Waals surface area (Å²) in [5, 5.41) is -0.183. The topological polar surface area (TPSA) is 60.2 Å². The normalized spacial score (nSPS) is 11.8. The predicted octanol–water partition coefficient (Wildman–Crippen LogP) is 0.777. The van der Waals surface area contributed by atoms with Gasteiger partial charge in [0.15, 0.2) is 0 Å². The Labute approximate surface area is 65.2 Å². The molecule has 0 aliphatic heterocycles. The van der Waals surface area contributed by atoms with E-state index in [1.54, 1.807) is 13.8 Å². The maximum atomic E-state index is 11.1. The molecule has 0 radical (unpaired) electrons. The molecule has 0 unspecified atom stereocenters. The van der Waals surface area contributed by atoms with Gasteiger partial charge in [0.25, 0.3) is 0 Å². The Hall–Kier alpha value is -0.840. The van der Waals surface area contributed by atoms with Crippen LogP contribution in [0.15, 0.2) is 15.8 Å². The van der Waals surface area contributed by atoms with Crippen molar-refractivity contribution in [3.63, 3.8) is 0 Å². The summed E-state index contributed by atoms with van der Waals surface area (Å²) in [7, 11) is -3.26. The van der Waals surface area contributed by atoms with Gasteiger partial charge in [0.2, 0.25) is 9.84 Å². The molecule has 5 heteroatoms. The van der Waals surface area contributed by atoms with Crippen LogP contribution < -0.4 is 0 Å². The molecule has 0 bridgehead atoms. The lowest BCUT2D eigenvalue weighted by Gasteiger charge is -1.91. The fourth-order valence-corrected chi connectivity index (χ4v) is 1.32. The fourth-order valence-electron chi connectivity index (χ4n) is 0.601. The van der Waals surface area contributed by atoms with Crippen molar-refractivity contribution in [3.05, 3.63) is 12.0 Å². The van der Waals surface area contributed by atoms with Gasteiger partial charge in [0, 0.05) is 0 Å². The lowest BCUT2D eigenvalue weighted by atomic mass is 10.6. The third-order valence-electron chi connectivity index (χ3n) is 1.25. The highest BCUT2D eigenvalue weighted by atomic mass is 32.2. The quantitative estimate of drug-likeness (QED) is 0.666. The van der Waals surface area contributed by atoms with Gasteiger partial charge in [-0.05, 0) is 6.92 Å². The molecule has 11 heavy (non-hydrogen) atoms. The number of hydrogen-bond acceptors (Lipinski definition) is 4. The van der Waals surface area contributed by atoms with Gasteiger partial charge >= 0.3 is 5.22 Å².